The molecule has 0 spiro atoms. The van der Waals surface area contributed by atoms with Gasteiger partial charge in [0.2, 0.25) is 5.91 Å². The van der Waals surface area contributed by atoms with Gasteiger partial charge in [-0.1, -0.05) is 29.8 Å². The Hall–Kier alpha value is -2.11. The average Bonchev–Trinajstić information content (AvgIpc) is 3.16. The maximum Gasteiger partial charge on any atom is 0.224 e. The third-order valence-corrected chi connectivity index (χ3v) is 5.63. The first-order chi connectivity index (χ1) is 12.7. The highest BCUT2D eigenvalue weighted by atomic mass is 35.5. The van der Waals surface area contributed by atoms with Gasteiger partial charge in [-0.15, -0.1) is 0 Å². The monoisotopic (exact) mass is 385 g/mol. The molecule has 0 saturated heterocycles. The molecule has 1 aliphatic carbocycles. The van der Waals surface area contributed by atoms with Crippen LogP contribution in [-0.4, -0.2) is 22.2 Å². The molecule has 134 valence electrons. The van der Waals surface area contributed by atoms with Crippen LogP contribution in [0, 0.1) is 0 Å². The van der Waals surface area contributed by atoms with Crippen LogP contribution in [-0.2, 0) is 17.8 Å². The molecular weight excluding hydrogens is 366 g/mol. The van der Waals surface area contributed by atoms with Crippen molar-refractivity contribution in [3.05, 3.63) is 63.4 Å². The van der Waals surface area contributed by atoms with Gasteiger partial charge in [0, 0.05) is 34.1 Å². The number of hydrogen-bond donors (Lipinski definition) is 1. The first-order valence-corrected chi connectivity index (χ1v) is 10.1. The molecule has 0 radical (unpaired) electrons. The quantitative estimate of drug-likeness (QED) is 0.650. The van der Waals surface area contributed by atoms with Crippen LogP contribution in [0.1, 0.15) is 30.0 Å². The summed E-state index contributed by atoms with van der Waals surface area (Å²) >= 11 is 7.80. The van der Waals surface area contributed by atoms with E-state index in [4.69, 9.17) is 16.7 Å². The molecular formula is C20H20ClN3OS. The van der Waals surface area contributed by atoms with Crippen LogP contribution in [0.2, 0.25) is 5.02 Å². The summed E-state index contributed by atoms with van der Waals surface area (Å²) in [6, 6.07) is 11.7. The van der Waals surface area contributed by atoms with Crippen LogP contribution in [0.3, 0.4) is 0 Å². The summed E-state index contributed by atoms with van der Waals surface area (Å²) in [6.45, 7) is 1.25. The van der Waals surface area contributed by atoms with Crippen LogP contribution in [0.15, 0.2) is 47.2 Å². The van der Waals surface area contributed by atoms with Crippen molar-refractivity contribution in [3.63, 3.8) is 0 Å². The number of amides is 1. The molecule has 1 fully saturated rings. The normalized spacial score (nSPS) is 13.7. The molecule has 1 aliphatic rings. The zero-order chi connectivity index (χ0) is 17.9. The van der Waals surface area contributed by atoms with Crippen molar-refractivity contribution in [1.29, 1.82) is 0 Å². The molecule has 0 atom stereocenters. The number of carbonyl (C=O) groups is 1. The fraction of sp³-hybridized carbons (Fsp3) is 0.300. The molecule has 0 aliphatic heterocycles. The molecule has 4 rings (SSSR count). The summed E-state index contributed by atoms with van der Waals surface area (Å²) in [5.74, 6) is 0.602. The third-order valence-electron chi connectivity index (χ3n) is 4.58. The Bertz CT molecular complexity index is 900. The largest absolute Gasteiger partial charge is 0.354 e. The number of aromatic nitrogens is 2. The van der Waals surface area contributed by atoms with E-state index in [2.05, 4.69) is 32.9 Å². The molecule has 2 aromatic heterocycles. The van der Waals surface area contributed by atoms with Gasteiger partial charge >= 0.3 is 0 Å². The lowest BCUT2D eigenvalue weighted by molar-refractivity contribution is -0.120. The van der Waals surface area contributed by atoms with Gasteiger partial charge < -0.3 is 5.32 Å². The summed E-state index contributed by atoms with van der Waals surface area (Å²) in [5, 5.41) is 12.6. The maximum absolute atomic E-state index is 12.2. The predicted octanol–water partition coefficient (Wildman–Crippen LogP) is 4.50. The number of nitrogens with zero attached hydrogens (tertiary/aromatic N) is 2. The van der Waals surface area contributed by atoms with E-state index in [0.29, 0.717) is 30.5 Å². The van der Waals surface area contributed by atoms with Crippen LogP contribution in [0.4, 0.5) is 0 Å². The number of halogens is 1. The Balaban J connectivity index is 1.37. The highest BCUT2D eigenvalue weighted by Gasteiger charge is 2.28. The van der Waals surface area contributed by atoms with Crippen molar-refractivity contribution < 1.29 is 4.79 Å². The lowest BCUT2D eigenvalue weighted by atomic mass is 10.1. The van der Waals surface area contributed by atoms with Crippen LogP contribution >= 0.6 is 22.9 Å². The zero-order valence-corrected chi connectivity index (χ0v) is 15.9. The minimum atomic E-state index is -0.0173. The van der Waals surface area contributed by atoms with Crippen molar-refractivity contribution in [2.75, 3.05) is 6.54 Å². The first-order valence-electron chi connectivity index (χ1n) is 8.81. The molecule has 0 bridgehead atoms. The zero-order valence-electron chi connectivity index (χ0n) is 14.3. The van der Waals surface area contributed by atoms with Gasteiger partial charge in [0.25, 0.3) is 0 Å². The summed E-state index contributed by atoms with van der Waals surface area (Å²) in [4.78, 5) is 12.2. The fourth-order valence-electron chi connectivity index (χ4n) is 3.05. The second-order valence-corrected chi connectivity index (χ2v) is 7.77. The smallest absolute Gasteiger partial charge is 0.224 e. The van der Waals surface area contributed by atoms with Gasteiger partial charge in [-0.2, -0.15) is 16.4 Å². The van der Waals surface area contributed by atoms with Crippen molar-refractivity contribution in [1.82, 2.24) is 15.1 Å². The Morgan fingerprint density at radius 2 is 2.15 bits per heavy atom. The van der Waals surface area contributed by atoms with E-state index in [1.165, 1.54) is 24.1 Å². The van der Waals surface area contributed by atoms with E-state index < -0.39 is 0 Å². The summed E-state index contributed by atoms with van der Waals surface area (Å²) < 4.78 is 2.06. The van der Waals surface area contributed by atoms with E-state index in [-0.39, 0.29) is 5.91 Å². The first kappa shape index (κ1) is 17.3. The van der Waals surface area contributed by atoms with E-state index >= 15 is 0 Å². The topological polar surface area (TPSA) is 46.9 Å². The second kappa shape index (κ2) is 7.64. The van der Waals surface area contributed by atoms with E-state index in [0.717, 1.165) is 11.3 Å². The van der Waals surface area contributed by atoms with E-state index in [9.17, 15) is 4.79 Å². The third kappa shape index (κ3) is 4.00. The van der Waals surface area contributed by atoms with Gasteiger partial charge in [0.1, 0.15) is 0 Å². The highest BCUT2D eigenvalue weighted by molar-refractivity contribution is 7.08. The standard InChI is InChI=1S/C20H20ClN3OS/c21-17-4-2-1-3-15(17)11-20(25)22-8-9-24-19(14-5-6-14)12-18(23-24)16-7-10-26-13-16/h1-4,7,10,12-14H,5-6,8-9,11H2,(H,22,25). The maximum atomic E-state index is 12.2. The van der Waals surface area contributed by atoms with Crippen molar-refractivity contribution in [2.24, 2.45) is 0 Å². The van der Waals surface area contributed by atoms with Crippen molar-refractivity contribution in [2.45, 2.75) is 31.7 Å². The summed E-state index contributed by atoms with van der Waals surface area (Å²) in [5.41, 5.74) is 4.32. The van der Waals surface area contributed by atoms with Crippen molar-refractivity contribution in [3.8, 4) is 11.3 Å². The molecule has 1 N–H and O–H groups in total. The Morgan fingerprint density at radius 1 is 1.31 bits per heavy atom. The molecule has 1 amide bonds. The van der Waals surface area contributed by atoms with Crippen LogP contribution < -0.4 is 5.32 Å². The van der Waals surface area contributed by atoms with Gasteiger partial charge in [-0.25, -0.2) is 0 Å². The van der Waals surface area contributed by atoms with Gasteiger partial charge in [-0.05, 0) is 42.0 Å². The molecule has 1 saturated carbocycles. The molecule has 0 unspecified atom stereocenters. The number of thiophene rings is 1. The number of rotatable bonds is 7. The summed E-state index contributed by atoms with van der Waals surface area (Å²) in [6.07, 6.45) is 2.76. The second-order valence-electron chi connectivity index (χ2n) is 6.58. The lowest BCUT2D eigenvalue weighted by Crippen LogP contribution is -2.29. The fourth-order valence-corrected chi connectivity index (χ4v) is 3.90. The minimum absolute atomic E-state index is 0.0173. The van der Waals surface area contributed by atoms with Gasteiger partial charge in [0.15, 0.2) is 0 Å². The molecule has 1 aromatic carbocycles. The molecule has 3 aromatic rings. The van der Waals surface area contributed by atoms with Crippen molar-refractivity contribution >= 4 is 28.8 Å². The number of benzene rings is 1. The van der Waals surface area contributed by atoms with Gasteiger partial charge in [0.05, 0.1) is 18.7 Å². The highest BCUT2D eigenvalue weighted by Crippen LogP contribution is 2.41. The van der Waals surface area contributed by atoms with E-state index in [1.807, 2.05) is 24.3 Å². The molecule has 6 heteroatoms. The molecule has 2 heterocycles. The lowest BCUT2D eigenvalue weighted by Gasteiger charge is -2.09. The number of nitrogens with one attached hydrogen (secondary N) is 1. The summed E-state index contributed by atoms with van der Waals surface area (Å²) in [7, 11) is 0. The van der Waals surface area contributed by atoms with E-state index in [1.54, 1.807) is 11.3 Å². The Labute approximate surface area is 161 Å². The SMILES string of the molecule is O=C(Cc1ccccc1Cl)NCCn1nc(-c2ccsc2)cc1C1CC1. The Morgan fingerprint density at radius 3 is 2.88 bits per heavy atom. The number of carbonyl (C=O) groups excluding carboxylic acids is 1. The van der Waals surface area contributed by atoms with Crippen LogP contribution in [0.25, 0.3) is 11.3 Å². The number of hydrogen-bond acceptors (Lipinski definition) is 3. The minimum Gasteiger partial charge on any atom is -0.354 e. The van der Waals surface area contributed by atoms with Gasteiger partial charge in [-0.3, -0.25) is 9.48 Å². The average molecular weight is 386 g/mol. The predicted molar refractivity (Wildman–Crippen MR) is 106 cm³/mol. The molecule has 26 heavy (non-hydrogen) atoms. The molecule has 4 nitrogen and oxygen atoms in total. The van der Waals surface area contributed by atoms with Crippen LogP contribution in [0.5, 0.6) is 0 Å². The Kier molecular flexibility index (Phi) is 5.09.